The first-order valence-electron chi connectivity index (χ1n) is 36.1. The second kappa shape index (κ2) is 18.6. The molecule has 3 aromatic heterocycles. The molecule has 5 heteroatoms. The zero-order chi connectivity index (χ0) is 71.8. The van der Waals surface area contributed by atoms with E-state index in [-0.39, 0.29) is 61.1 Å². The van der Waals surface area contributed by atoms with E-state index in [0.717, 1.165) is 27.4 Å². The van der Waals surface area contributed by atoms with E-state index >= 15 is 0 Å². The number of aromatic nitrogens is 4. The van der Waals surface area contributed by atoms with Crippen LogP contribution in [0.15, 0.2) is 242 Å². The molecule has 0 radical (unpaired) electrons. The third-order valence-electron chi connectivity index (χ3n) is 14.4. The first-order valence-corrected chi connectivity index (χ1v) is 25.6. The summed E-state index contributed by atoms with van der Waals surface area (Å²) in [5, 5.41) is 1.94. The average Bonchev–Trinajstić information content (AvgIpc) is 1.32. The topological polar surface area (TPSA) is 35.9 Å². The van der Waals surface area contributed by atoms with Crippen LogP contribution in [0.5, 0.6) is 11.5 Å². The zero-order valence-corrected chi connectivity index (χ0v) is 43.7. The lowest BCUT2D eigenvalue weighted by Crippen LogP contribution is -2.32. The Hall–Kier alpha value is -9.58. The van der Waals surface area contributed by atoms with Crippen LogP contribution >= 0.6 is 0 Å². The molecule has 0 atom stereocenters. The molecular formula is C74H58N4O. The van der Waals surface area contributed by atoms with Crippen LogP contribution in [0.4, 0.5) is 0 Å². The maximum absolute atomic E-state index is 10.5. The Bertz CT molecular complexity index is 5670. The molecule has 380 valence electrons. The summed E-state index contributed by atoms with van der Waals surface area (Å²) in [7, 11) is 0. The fourth-order valence-corrected chi connectivity index (χ4v) is 10.5. The maximum atomic E-state index is 10.5. The maximum Gasteiger partial charge on any atom is 0.269 e. The van der Waals surface area contributed by atoms with Gasteiger partial charge in [-0.05, 0) is 155 Å². The van der Waals surface area contributed by atoms with Gasteiger partial charge in [0.05, 0.1) is 62.2 Å². The van der Waals surface area contributed by atoms with Crippen LogP contribution in [-0.4, -0.2) is 14.1 Å². The highest BCUT2D eigenvalue weighted by molar-refractivity contribution is 6.09. The minimum absolute atomic E-state index is 0.0727. The Balaban J connectivity index is 1.13. The third kappa shape index (κ3) is 8.32. The number of hydrogen-bond donors (Lipinski definition) is 0. The summed E-state index contributed by atoms with van der Waals surface area (Å²) in [5.74, 6) is 1.49. The molecule has 5 nitrogen and oxygen atoms in total. The van der Waals surface area contributed by atoms with Crippen LogP contribution in [0, 0.1) is 6.33 Å². The predicted octanol–water partition coefficient (Wildman–Crippen LogP) is 18.9. The zero-order valence-electron chi connectivity index (χ0n) is 64.7. The van der Waals surface area contributed by atoms with Crippen molar-refractivity contribution >= 4 is 32.8 Å². The smallest absolute Gasteiger partial charge is 0.269 e. The number of para-hydroxylation sites is 2. The largest absolute Gasteiger partial charge is 0.458 e. The molecule has 1 aliphatic rings. The number of imidazole rings is 1. The molecular weight excluding hydrogens is 961 g/mol. The molecule has 79 heavy (non-hydrogen) atoms. The molecule has 0 N–H and O–H groups in total. The van der Waals surface area contributed by atoms with Crippen LogP contribution in [0.2, 0.25) is 0 Å². The Labute approximate surface area is 491 Å². The van der Waals surface area contributed by atoms with Gasteiger partial charge in [0.2, 0.25) is 0 Å². The van der Waals surface area contributed by atoms with Crippen molar-refractivity contribution in [2.45, 2.75) is 52.4 Å². The van der Waals surface area contributed by atoms with Crippen molar-refractivity contribution in [3.8, 4) is 95.5 Å². The van der Waals surface area contributed by atoms with E-state index in [1.54, 1.807) is 65.4 Å². The van der Waals surface area contributed by atoms with Crippen LogP contribution in [0.25, 0.3) is 117 Å². The number of ether oxygens (including phenoxy) is 1. The third-order valence-corrected chi connectivity index (χ3v) is 14.4. The summed E-state index contributed by atoms with van der Waals surface area (Å²) in [6, 6.07) is 16.2. The molecule has 0 aliphatic carbocycles. The molecule has 13 aromatic rings. The van der Waals surface area contributed by atoms with Crippen molar-refractivity contribution in [2.24, 2.45) is 0 Å². The van der Waals surface area contributed by atoms with Gasteiger partial charge in [-0.2, -0.15) is 0 Å². The number of fused-ring (bicyclic) bond motifs is 10. The van der Waals surface area contributed by atoms with Gasteiger partial charge in [-0.3, -0.25) is 13.7 Å². The fraction of sp³-hybridized carbons (Fsp3) is 0.108. The van der Waals surface area contributed by atoms with Crippen LogP contribution < -0.4 is 9.30 Å². The molecule has 1 aliphatic heterocycles. The van der Waals surface area contributed by atoms with Crippen molar-refractivity contribution in [3.05, 3.63) is 260 Å². The SMILES string of the molecule is [2H]c1c([2H])c([2H])c(-c2c([2H])c(-c3cc(C(C)(C)C)cc4c3-[n+]3[c-]n(-c5cccc(Oc6ccc7c8ccccc8n(-c8cc(C(C)(C)C)ccn8)c7c6)c5)c5cccc(c53)-c3c([2H])c([2H])c([2H])c([2H])c3-c3c([2H])c([2H])c([2H])c([2H])c3-4)c([2H])c(-c3c([2H])c([2H])c([2H])c([2H])c3[2H])c2[2H])c([2H])c1[2H]. The lowest BCUT2D eigenvalue weighted by atomic mass is 9.80. The Morgan fingerprint density at radius 3 is 1.71 bits per heavy atom. The number of nitrogens with zero attached hydrogens (tertiary/aromatic N) is 4. The highest BCUT2D eigenvalue weighted by atomic mass is 16.5. The fourth-order valence-electron chi connectivity index (χ4n) is 10.5. The van der Waals surface area contributed by atoms with Gasteiger partial charge in [0.25, 0.3) is 6.33 Å². The second-order valence-corrected chi connectivity index (χ2v) is 21.4. The first kappa shape index (κ1) is 30.4. The summed E-state index contributed by atoms with van der Waals surface area (Å²) in [5.41, 5.74) is -2.10. The Kier molecular flexibility index (Phi) is 7.14. The first-order chi connectivity index (χ1) is 47.2. The summed E-state index contributed by atoms with van der Waals surface area (Å²) in [6.07, 6.45) is 5.30. The molecule has 0 spiro atoms. The van der Waals surface area contributed by atoms with Crippen molar-refractivity contribution in [3.63, 3.8) is 0 Å². The second-order valence-electron chi connectivity index (χ2n) is 21.4. The van der Waals surface area contributed by atoms with Crippen LogP contribution in [0.3, 0.4) is 0 Å². The number of benzene rings is 10. The van der Waals surface area contributed by atoms with Crippen molar-refractivity contribution < 1.29 is 38.1 Å². The molecule has 4 heterocycles. The number of pyridine rings is 1. The van der Waals surface area contributed by atoms with Gasteiger partial charge >= 0.3 is 0 Å². The molecule has 0 unspecified atom stereocenters. The van der Waals surface area contributed by atoms with Gasteiger partial charge in [0.1, 0.15) is 17.3 Å². The van der Waals surface area contributed by atoms with Gasteiger partial charge in [0.15, 0.2) is 0 Å². The standard InChI is InChI=1S/C74H58N4O/c1-73(2,3)53-37-38-75-70(44-53)78-67-33-18-17-31-62(67)63-36-35-57(46-69(63)78)79-56-26-19-25-55(45-56)76-47-77-71-65(52-40-50(48-21-9-7-10-22-48)39-51(41-52)49-23-11-8-12-24-49)42-54(74(4,5)6)43-66(71)61-30-16-14-28-59(61)58-27-13-15-29-60(58)64-32-20-34-68(76)72(64)77/h7-46H,1-6H3/i7D,8D,9D,10D,11D,12D,13D,14D,15D,16D,21D,22D,23D,24D,27D,28D,29D,30D,39D,40D,41D. The van der Waals surface area contributed by atoms with E-state index in [0.29, 0.717) is 28.6 Å². The lowest BCUT2D eigenvalue weighted by Gasteiger charge is -2.26. The summed E-state index contributed by atoms with van der Waals surface area (Å²) >= 11 is 0. The van der Waals surface area contributed by atoms with E-state index < -0.39 is 160 Å². The van der Waals surface area contributed by atoms with E-state index in [1.165, 1.54) is 4.57 Å². The monoisotopic (exact) mass is 1040 g/mol. The minimum atomic E-state index is -0.997. The van der Waals surface area contributed by atoms with E-state index in [9.17, 15) is 20.6 Å². The van der Waals surface area contributed by atoms with Crippen molar-refractivity contribution in [2.75, 3.05) is 0 Å². The van der Waals surface area contributed by atoms with Gasteiger partial charge < -0.3 is 4.74 Å². The predicted molar refractivity (Wildman–Crippen MR) is 326 cm³/mol. The van der Waals surface area contributed by atoms with Crippen molar-refractivity contribution in [1.29, 1.82) is 0 Å². The van der Waals surface area contributed by atoms with Crippen LogP contribution in [-0.2, 0) is 10.8 Å². The minimum Gasteiger partial charge on any atom is -0.458 e. The quantitative estimate of drug-likeness (QED) is 0.118. The summed E-state index contributed by atoms with van der Waals surface area (Å²) in [4.78, 5) is 4.85. The van der Waals surface area contributed by atoms with Gasteiger partial charge in [0, 0.05) is 23.0 Å². The van der Waals surface area contributed by atoms with Gasteiger partial charge in [-0.1, -0.05) is 205 Å². The lowest BCUT2D eigenvalue weighted by molar-refractivity contribution is -0.570. The number of rotatable bonds is 7. The average molecular weight is 1040 g/mol. The summed E-state index contributed by atoms with van der Waals surface area (Å²) in [6.45, 7) is 11.8. The highest BCUT2D eigenvalue weighted by Crippen LogP contribution is 2.48. The van der Waals surface area contributed by atoms with Crippen LogP contribution in [0.1, 0.15) is 81.5 Å². The molecule has 0 saturated heterocycles. The molecule has 10 aromatic carbocycles. The molecule has 0 bridgehead atoms. The summed E-state index contributed by atoms with van der Waals surface area (Å²) < 4.78 is 210. The van der Waals surface area contributed by atoms with E-state index in [1.807, 2.05) is 63.2 Å². The Morgan fingerprint density at radius 2 is 1.03 bits per heavy atom. The van der Waals surface area contributed by atoms with Gasteiger partial charge in [-0.25, -0.2) is 4.98 Å². The Morgan fingerprint density at radius 1 is 0.456 bits per heavy atom. The van der Waals surface area contributed by atoms with E-state index in [2.05, 4.69) is 43.8 Å². The van der Waals surface area contributed by atoms with E-state index in [4.69, 9.17) is 17.9 Å². The van der Waals surface area contributed by atoms with Gasteiger partial charge in [-0.15, -0.1) is 0 Å². The highest BCUT2D eigenvalue weighted by Gasteiger charge is 2.29. The molecule has 0 fully saturated rings. The van der Waals surface area contributed by atoms with Crippen molar-refractivity contribution in [1.82, 2.24) is 14.1 Å². The molecule has 0 amide bonds. The normalized spacial score (nSPS) is 15.9. The molecule has 14 rings (SSSR count). The molecule has 0 saturated carbocycles. The number of hydrogen-bond acceptors (Lipinski definition) is 2.